The van der Waals surface area contributed by atoms with E-state index in [4.69, 9.17) is 0 Å². The molecule has 1 N–H and O–H groups in total. The van der Waals surface area contributed by atoms with Crippen molar-refractivity contribution >= 4 is 23.5 Å². The molecule has 0 bridgehead atoms. The number of hydrogen-bond acceptors (Lipinski definition) is 4. The van der Waals surface area contributed by atoms with Crippen molar-refractivity contribution in [2.24, 2.45) is 5.10 Å². The summed E-state index contributed by atoms with van der Waals surface area (Å²) in [5.41, 5.74) is 7.69. The summed E-state index contributed by atoms with van der Waals surface area (Å²) in [5, 5.41) is 4.12. The lowest BCUT2D eigenvalue weighted by atomic mass is 10.1. The Kier molecular flexibility index (Phi) is 8.44. The van der Waals surface area contributed by atoms with Crippen LogP contribution in [0, 0.1) is 0 Å². The van der Waals surface area contributed by atoms with E-state index in [1.807, 2.05) is 42.5 Å². The van der Waals surface area contributed by atoms with Crippen molar-refractivity contribution in [2.45, 2.75) is 27.3 Å². The number of hydrogen-bond donors (Lipinski definition) is 1. The molecule has 3 aromatic rings. The van der Waals surface area contributed by atoms with Gasteiger partial charge in [0.25, 0.3) is 5.91 Å². The van der Waals surface area contributed by atoms with E-state index in [2.05, 4.69) is 77.5 Å². The van der Waals surface area contributed by atoms with Crippen LogP contribution in [0.4, 0.5) is 11.4 Å². The molecule has 0 aliphatic heterocycles. The van der Waals surface area contributed by atoms with Gasteiger partial charge in [-0.25, -0.2) is 5.43 Å². The third-order valence-electron chi connectivity index (χ3n) is 5.49. The molecule has 0 radical (unpaired) electrons. The van der Waals surface area contributed by atoms with Crippen molar-refractivity contribution < 1.29 is 4.79 Å². The third-order valence-corrected chi connectivity index (χ3v) is 5.49. The first kappa shape index (κ1) is 23.1. The SMILES string of the molecule is CCN(CC)c1ccc(C(=O)N/N=C/c2ccc(N(CC)Cc3ccccc3)cc2)cc1. The number of hydrazone groups is 1. The molecular weight excluding hydrogens is 396 g/mol. The fourth-order valence-corrected chi connectivity index (χ4v) is 3.60. The van der Waals surface area contributed by atoms with Gasteiger partial charge in [-0.15, -0.1) is 0 Å². The maximum atomic E-state index is 12.4. The van der Waals surface area contributed by atoms with Crippen LogP contribution in [0.5, 0.6) is 0 Å². The van der Waals surface area contributed by atoms with Crippen molar-refractivity contribution in [1.82, 2.24) is 5.43 Å². The van der Waals surface area contributed by atoms with Gasteiger partial charge in [-0.05, 0) is 68.3 Å². The normalized spacial score (nSPS) is 10.8. The molecule has 0 aliphatic carbocycles. The van der Waals surface area contributed by atoms with Crippen LogP contribution in [-0.2, 0) is 6.54 Å². The summed E-state index contributed by atoms with van der Waals surface area (Å²) < 4.78 is 0. The standard InChI is InChI=1S/C27H32N4O/c1-4-30(5-2)25-18-14-24(15-19-25)27(32)29-28-20-22-12-16-26(17-13-22)31(6-3)21-23-10-8-7-9-11-23/h7-20H,4-6,21H2,1-3H3,(H,29,32)/b28-20+. The van der Waals surface area contributed by atoms with E-state index in [1.165, 1.54) is 5.56 Å². The fraction of sp³-hybridized carbons (Fsp3) is 0.259. The van der Waals surface area contributed by atoms with E-state index in [1.54, 1.807) is 6.21 Å². The number of nitrogens with zero attached hydrogens (tertiary/aromatic N) is 3. The molecule has 0 unspecified atom stereocenters. The lowest BCUT2D eigenvalue weighted by Crippen LogP contribution is -2.22. The average molecular weight is 429 g/mol. The molecule has 0 spiro atoms. The topological polar surface area (TPSA) is 47.9 Å². The first-order chi connectivity index (χ1) is 15.6. The Morgan fingerprint density at radius 3 is 1.94 bits per heavy atom. The van der Waals surface area contributed by atoms with E-state index in [0.29, 0.717) is 5.56 Å². The molecule has 0 aliphatic rings. The summed E-state index contributed by atoms with van der Waals surface area (Å²) in [7, 11) is 0. The largest absolute Gasteiger partial charge is 0.372 e. The predicted molar refractivity (Wildman–Crippen MR) is 135 cm³/mol. The monoisotopic (exact) mass is 428 g/mol. The summed E-state index contributed by atoms with van der Waals surface area (Å²) in [6, 6.07) is 26.3. The molecule has 3 rings (SSSR count). The molecule has 166 valence electrons. The first-order valence-electron chi connectivity index (χ1n) is 11.2. The van der Waals surface area contributed by atoms with Crippen LogP contribution in [0.25, 0.3) is 0 Å². The lowest BCUT2D eigenvalue weighted by molar-refractivity contribution is 0.0955. The van der Waals surface area contributed by atoms with Gasteiger partial charge in [-0.3, -0.25) is 4.79 Å². The zero-order valence-electron chi connectivity index (χ0n) is 19.2. The van der Waals surface area contributed by atoms with Crippen molar-refractivity contribution in [3.05, 3.63) is 95.6 Å². The highest BCUT2D eigenvalue weighted by molar-refractivity contribution is 5.95. The van der Waals surface area contributed by atoms with E-state index >= 15 is 0 Å². The number of carbonyl (C=O) groups excluding carboxylic acids is 1. The van der Waals surface area contributed by atoms with E-state index in [0.717, 1.165) is 43.1 Å². The summed E-state index contributed by atoms with van der Waals surface area (Å²) in [6.45, 7) is 10.1. The Balaban J connectivity index is 1.56. The van der Waals surface area contributed by atoms with E-state index in [9.17, 15) is 4.79 Å². The van der Waals surface area contributed by atoms with Gasteiger partial charge in [0.15, 0.2) is 0 Å². The molecule has 5 nitrogen and oxygen atoms in total. The molecule has 32 heavy (non-hydrogen) atoms. The maximum absolute atomic E-state index is 12.4. The van der Waals surface area contributed by atoms with Gasteiger partial charge in [0, 0.05) is 43.1 Å². The van der Waals surface area contributed by atoms with Gasteiger partial charge in [-0.1, -0.05) is 42.5 Å². The summed E-state index contributed by atoms with van der Waals surface area (Å²) >= 11 is 0. The molecule has 1 amide bonds. The Hall–Kier alpha value is -3.60. The zero-order chi connectivity index (χ0) is 22.8. The van der Waals surface area contributed by atoms with Crippen LogP contribution in [0.3, 0.4) is 0 Å². The van der Waals surface area contributed by atoms with Crippen LogP contribution < -0.4 is 15.2 Å². The minimum Gasteiger partial charge on any atom is -0.372 e. The maximum Gasteiger partial charge on any atom is 0.271 e. The number of amides is 1. The minimum atomic E-state index is -0.219. The smallest absolute Gasteiger partial charge is 0.271 e. The molecule has 0 saturated heterocycles. The number of anilines is 2. The van der Waals surface area contributed by atoms with Gasteiger partial charge in [0.2, 0.25) is 0 Å². The summed E-state index contributed by atoms with van der Waals surface area (Å²) in [4.78, 5) is 16.9. The second-order valence-corrected chi connectivity index (χ2v) is 7.51. The van der Waals surface area contributed by atoms with Crippen molar-refractivity contribution in [3.8, 4) is 0 Å². The summed E-state index contributed by atoms with van der Waals surface area (Å²) in [5.74, 6) is -0.219. The number of rotatable bonds is 10. The molecular formula is C27H32N4O. The average Bonchev–Trinajstić information content (AvgIpc) is 2.85. The Morgan fingerprint density at radius 1 is 0.781 bits per heavy atom. The highest BCUT2D eigenvalue weighted by Gasteiger charge is 2.07. The summed E-state index contributed by atoms with van der Waals surface area (Å²) in [6.07, 6.45) is 1.67. The number of carbonyl (C=O) groups is 1. The highest BCUT2D eigenvalue weighted by atomic mass is 16.2. The van der Waals surface area contributed by atoms with Gasteiger partial charge >= 0.3 is 0 Å². The molecule has 3 aromatic carbocycles. The van der Waals surface area contributed by atoms with Crippen molar-refractivity contribution in [1.29, 1.82) is 0 Å². The van der Waals surface area contributed by atoms with Gasteiger partial charge in [-0.2, -0.15) is 5.10 Å². The van der Waals surface area contributed by atoms with Gasteiger partial charge in [0.1, 0.15) is 0 Å². The quantitative estimate of drug-likeness (QED) is 0.351. The van der Waals surface area contributed by atoms with Crippen molar-refractivity contribution in [3.63, 3.8) is 0 Å². The van der Waals surface area contributed by atoms with E-state index < -0.39 is 0 Å². The van der Waals surface area contributed by atoms with Crippen LogP contribution in [0.15, 0.2) is 84.0 Å². The van der Waals surface area contributed by atoms with Crippen LogP contribution >= 0.6 is 0 Å². The molecule has 0 saturated carbocycles. The number of nitrogens with one attached hydrogen (secondary N) is 1. The van der Waals surface area contributed by atoms with Gasteiger partial charge < -0.3 is 9.80 Å². The van der Waals surface area contributed by atoms with Crippen LogP contribution in [0.2, 0.25) is 0 Å². The van der Waals surface area contributed by atoms with Gasteiger partial charge in [0.05, 0.1) is 6.21 Å². The third kappa shape index (κ3) is 6.20. The second-order valence-electron chi connectivity index (χ2n) is 7.51. The lowest BCUT2D eigenvalue weighted by Gasteiger charge is -2.23. The molecule has 0 fully saturated rings. The second kappa shape index (κ2) is 11.7. The first-order valence-corrected chi connectivity index (χ1v) is 11.2. The number of benzene rings is 3. The predicted octanol–water partition coefficient (Wildman–Crippen LogP) is 5.32. The van der Waals surface area contributed by atoms with Crippen LogP contribution in [0.1, 0.15) is 42.3 Å². The Labute approximate surface area is 191 Å². The molecule has 5 heteroatoms. The van der Waals surface area contributed by atoms with Crippen molar-refractivity contribution in [2.75, 3.05) is 29.4 Å². The fourth-order valence-electron chi connectivity index (χ4n) is 3.60. The molecule has 0 aromatic heterocycles. The van der Waals surface area contributed by atoms with Crippen LogP contribution in [-0.4, -0.2) is 31.8 Å². The molecule has 0 atom stereocenters. The minimum absolute atomic E-state index is 0.219. The Bertz CT molecular complexity index is 994. The Morgan fingerprint density at radius 2 is 1.34 bits per heavy atom. The molecule has 0 heterocycles. The zero-order valence-corrected chi connectivity index (χ0v) is 19.2. The van der Waals surface area contributed by atoms with E-state index in [-0.39, 0.29) is 5.91 Å². The highest BCUT2D eigenvalue weighted by Crippen LogP contribution is 2.18.